The topological polar surface area (TPSA) is 546 Å². The summed E-state index contributed by atoms with van der Waals surface area (Å²) in [6, 6.07) is 26.7. The van der Waals surface area contributed by atoms with Crippen molar-refractivity contribution in [2.45, 2.75) is 205 Å². The van der Waals surface area contributed by atoms with Crippen LogP contribution in [-0.4, -0.2) is 209 Å². The van der Waals surface area contributed by atoms with Crippen LogP contribution in [0.1, 0.15) is 155 Å². The number of alkyl carbamates (subject to hydrolysis) is 1. The first-order chi connectivity index (χ1) is 64.2. The summed E-state index contributed by atoms with van der Waals surface area (Å²) in [5.41, 5.74) is 9.40. The lowest BCUT2D eigenvalue weighted by molar-refractivity contribution is -0.134. The van der Waals surface area contributed by atoms with Gasteiger partial charge < -0.3 is 34.9 Å². The zero-order valence-electron chi connectivity index (χ0n) is 79.3. The first-order valence-electron chi connectivity index (χ1n) is 40.6. The van der Waals surface area contributed by atoms with Crippen LogP contribution in [0.5, 0.6) is 0 Å². The first kappa shape index (κ1) is 125. The number of aromatic nitrogens is 8. The van der Waals surface area contributed by atoms with Gasteiger partial charge in [-0.2, -0.15) is 70.7 Å². The number of carbonyl (C=O) groups is 4. The Morgan fingerprint density at radius 2 is 0.858 bits per heavy atom. The monoisotopic (exact) mass is 2300 g/mol. The molecule has 5 N–H and O–H groups in total. The first-order valence-corrected chi connectivity index (χ1v) is 64.1. The van der Waals surface area contributed by atoms with Crippen LogP contribution in [0.3, 0.4) is 0 Å². The summed E-state index contributed by atoms with van der Waals surface area (Å²) in [5.74, 6) is -1.53. The van der Waals surface area contributed by atoms with Gasteiger partial charge in [0, 0.05) is 125 Å². The number of ether oxygens (including phenoxy) is 4. The highest BCUT2D eigenvalue weighted by Gasteiger charge is 2.37. The van der Waals surface area contributed by atoms with Crippen LogP contribution in [-0.2, 0) is 172 Å². The Balaban J connectivity index is 0.000000342. The number of aryl methyl sites for hydroxylation is 4. The van der Waals surface area contributed by atoms with Crippen molar-refractivity contribution in [1.82, 2.24) is 64.5 Å². The summed E-state index contributed by atoms with van der Waals surface area (Å²) >= 11 is 0. The van der Waals surface area contributed by atoms with E-state index in [4.69, 9.17) is 59.4 Å². The Morgan fingerprint density at radius 3 is 1.23 bits per heavy atom. The molecule has 7 atom stereocenters. The zero-order valence-corrected chi connectivity index (χ0v) is 92.9. The molecule has 9 heterocycles. The summed E-state index contributed by atoms with van der Waals surface area (Å²) in [7, 11) is -6.34. The molecule has 0 bridgehead atoms. The van der Waals surface area contributed by atoms with Crippen molar-refractivity contribution < 1.29 is 110 Å². The van der Waals surface area contributed by atoms with Crippen LogP contribution in [0.25, 0.3) is 0 Å². The van der Waals surface area contributed by atoms with Gasteiger partial charge in [-0.15, -0.1) is 0 Å². The fourth-order valence-corrected chi connectivity index (χ4v) is 23.6. The minimum absolute atomic E-state index is 0. The van der Waals surface area contributed by atoms with Crippen LogP contribution < -0.4 is 16.0 Å². The van der Waals surface area contributed by atoms with E-state index in [9.17, 15) is 82.7 Å². The van der Waals surface area contributed by atoms with Gasteiger partial charge in [-0.05, 0) is 201 Å². The number of nitrogens with zero attached hydrogens (tertiary/aromatic N) is 12. The standard InChI is InChI=1S/C18H24N4O5S2.C16H19F2NO4.C13H16N4O3S2.C10H15N3O2.2C8H10ClNO3S2.C5H7N3.C2H6S2.CH3ClOS.CH4.Cl2O2S/c1-13-6-8-15(9-7-13)29(25,26)20-28(5,24)22-11-14-10-21(12-16(14)19-22)17(23)27-18(2,3)4;1-16(2,3)23-15(21)19-13-7-10(20)8-22-14(13)11-6-9(17)4-5-12(11)18;1-10-3-5-12(6-4-10)22(19,20)16-21(2,18)17-9-11-7-14-8-13(11)15-17;1-10(2,3)15-9(14)13-5-7-4-11-12-8(7)6-13;2*1-7-3-5-8(6-4-7)15(12,13)10-14(2,9)11;1-4-2-7-8-5(4)3-6-1;1-3-4-2;1-4(2)3;;1-5(2,3)4/h6-9,11H,10,12H2,1-5H3;4-6,13-14H,7-8H2,1-3H3,(H,19,21);3-6,9,14H,7-8H2,1-2H3;4H,5-6H2,1-3H3,(H,11,12);2*3-6H,1-2H3;2,6H,1,3H2,(H,7,8);1-2H3;1H3;1H4;/t;13-,14+;;;;;;;;;/m.0........./s1. The molecule has 0 aliphatic carbocycles. The number of sulfonamides is 4. The van der Waals surface area contributed by atoms with Crippen molar-refractivity contribution in [3.05, 3.63) is 225 Å². The Bertz CT molecular complexity index is 6820. The number of nitrogens with one attached hydrogen (secondary N) is 5. The van der Waals surface area contributed by atoms with E-state index >= 15 is 0 Å². The SMILES string of the molecule is C.CC(C)(C)OC(=O)N1Cc2cn[nH]c2C1.CC(C)(C)OC(=O)N[C@H]1CC(=O)CO[C@@H]1c1cc(F)ccc1F.CS(=O)Cl.CSSC.Cc1ccc(S(=O)(=O)N=S(C)(=O)Cl)cc1.Cc1ccc(S(=O)(=O)N=S(C)(=O)Cl)cc1.Cc1ccc(S(=O)(=O)N=S(C)(=O)n2cc3c(n2)CN(C(=O)OC(C)(C)C)C3)cc1.Cc1ccc(S(=O)(=O)N=S(C)(=O)n2cc3c(n2)CNC3)cc1.O=S(=O)(Cl)Cl.c1n[nH]c2c1CNC2. The number of hydrogen-bond donors (Lipinski definition) is 5. The number of H-pyrrole nitrogens is 2. The van der Waals surface area contributed by atoms with Crippen molar-refractivity contribution in [3.63, 3.8) is 0 Å². The van der Waals surface area contributed by atoms with Crippen LogP contribution in [0.4, 0.5) is 23.2 Å². The van der Waals surface area contributed by atoms with E-state index < -0.39 is 149 Å². The van der Waals surface area contributed by atoms with Crippen molar-refractivity contribution >= 4 is 195 Å². The lowest BCUT2D eigenvalue weighted by Gasteiger charge is -2.32. The summed E-state index contributed by atoms with van der Waals surface area (Å²) in [6.45, 7) is 27.9. The summed E-state index contributed by atoms with van der Waals surface area (Å²) in [6.07, 6.45) is 14.3. The molecule has 786 valence electrons. The number of Topliss-reactive ketones (excluding diaryl/α,β-unsaturated/α-hetero) is 1. The molecule has 9 aromatic rings. The number of benzene rings is 5. The molecule has 141 heavy (non-hydrogen) atoms. The number of aromatic amines is 2. The molecule has 3 amide bonds. The van der Waals surface area contributed by atoms with Crippen molar-refractivity contribution in [2.24, 2.45) is 15.1 Å². The second kappa shape index (κ2) is 53.4. The third kappa shape index (κ3) is 45.3. The normalized spacial score (nSPS) is 16.5. The molecule has 5 aromatic carbocycles. The van der Waals surface area contributed by atoms with Crippen LogP contribution >= 0.6 is 75.0 Å². The minimum atomic E-state index is -4.12. The Labute approximate surface area is 856 Å². The smallest absolute Gasteiger partial charge is 0.410 e. The van der Waals surface area contributed by atoms with E-state index in [1.807, 2.05) is 54.7 Å². The molecule has 59 heteroatoms. The third-order valence-corrected chi connectivity index (χ3v) is 32.6. The largest absolute Gasteiger partial charge is 0.444 e. The van der Waals surface area contributed by atoms with Gasteiger partial charge in [0.1, 0.15) is 69.0 Å². The second-order valence-electron chi connectivity index (χ2n) is 33.5. The molecule has 14 rings (SSSR count). The lowest BCUT2D eigenvalue weighted by Crippen LogP contribution is -2.47. The molecule has 4 aromatic heterocycles. The number of ketones is 1. The van der Waals surface area contributed by atoms with Crippen LogP contribution in [0.15, 0.2) is 175 Å². The Hall–Kier alpha value is -7.99. The van der Waals surface area contributed by atoms with E-state index in [1.165, 1.54) is 89.7 Å². The predicted molar refractivity (Wildman–Crippen MR) is 548 cm³/mol. The van der Waals surface area contributed by atoms with Gasteiger partial charge in [-0.25, -0.2) is 44.2 Å². The molecule has 5 aliphatic heterocycles. The molecule has 1 fully saturated rings. The van der Waals surface area contributed by atoms with Crippen molar-refractivity contribution in [1.29, 1.82) is 0 Å². The number of amides is 3. The molecular formula is C82H114Cl5F2N17O23S12. The van der Waals surface area contributed by atoms with E-state index in [2.05, 4.69) is 95.5 Å². The molecule has 5 unspecified atom stereocenters. The maximum absolute atomic E-state index is 14.0. The van der Waals surface area contributed by atoms with E-state index in [-0.39, 0.29) is 70.6 Å². The van der Waals surface area contributed by atoms with E-state index in [0.29, 0.717) is 37.4 Å². The predicted octanol–water partition coefficient (Wildman–Crippen LogP) is 15.7. The second-order valence-corrected chi connectivity index (χ2v) is 60.1. The van der Waals surface area contributed by atoms with Gasteiger partial charge in [0.2, 0.25) is 0 Å². The maximum atomic E-state index is 14.0. The highest BCUT2D eigenvalue weighted by atomic mass is 36.0. The number of fused-ring (bicyclic) bond motifs is 4. The number of hydrogen-bond acceptors (Lipinski definition) is 31. The average Bonchev–Trinajstić information content (AvgIpc) is 1.61. The van der Waals surface area contributed by atoms with E-state index in [1.54, 1.807) is 129 Å². The summed E-state index contributed by atoms with van der Waals surface area (Å²) in [4.78, 5) is 50.5. The molecular weight excluding hydrogens is 2190 g/mol. The number of halogens is 7. The average molecular weight is 2310 g/mol. The third-order valence-electron chi connectivity index (χ3n) is 17.5. The zero-order chi connectivity index (χ0) is 106. The highest BCUT2D eigenvalue weighted by molar-refractivity contribution is 8.76. The highest BCUT2D eigenvalue weighted by Crippen LogP contribution is 2.32. The summed E-state index contributed by atoms with van der Waals surface area (Å²) in [5, 5.41) is 30.8. The Morgan fingerprint density at radius 1 is 0.504 bits per heavy atom. The fourth-order valence-electron chi connectivity index (χ4n) is 11.6. The van der Waals surface area contributed by atoms with Gasteiger partial charge in [-0.3, -0.25) is 24.8 Å². The number of carbonyl (C=O) groups excluding carboxylic acids is 4. The fraction of sp³-hybridized carbons (Fsp3) is 0.439. The number of rotatable bonds is 13. The van der Waals surface area contributed by atoms with E-state index in [0.717, 1.165) is 96.7 Å². The molecule has 1 saturated heterocycles. The molecule has 0 spiro atoms. The molecule has 0 saturated carbocycles. The maximum Gasteiger partial charge on any atom is 0.410 e. The van der Waals surface area contributed by atoms with Gasteiger partial charge in [0.05, 0.1) is 87.0 Å². The van der Waals surface area contributed by atoms with Crippen LogP contribution in [0, 0.1) is 39.3 Å². The van der Waals surface area contributed by atoms with Gasteiger partial charge in [-0.1, -0.05) is 115 Å². The van der Waals surface area contributed by atoms with Crippen molar-refractivity contribution in [3.8, 4) is 0 Å². The summed E-state index contributed by atoms with van der Waals surface area (Å²) < 4.78 is 235. The van der Waals surface area contributed by atoms with Crippen molar-refractivity contribution in [2.75, 3.05) is 50.4 Å². The molecule has 5 aliphatic rings. The quantitative estimate of drug-likeness (QED) is 0.0406. The van der Waals surface area contributed by atoms with Gasteiger partial charge >= 0.3 is 26.5 Å². The molecule has 40 nitrogen and oxygen atoms in total. The Kier molecular flexibility index (Phi) is 47.4. The van der Waals surface area contributed by atoms with Gasteiger partial charge in [0.25, 0.3) is 40.1 Å². The lowest BCUT2D eigenvalue weighted by atomic mass is 9.95. The minimum Gasteiger partial charge on any atom is -0.444 e. The van der Waals surface area contributed by atoms with Crippen LogP contribution in [0.2, 0.25) is 0 Å². The molecule has 0 radical (unpaired) electrons. The van der Waals surface area contributed by atoms with Gasteiger partial charge in [0.15, 0.2) is 25.6 Å².